The molecule has 1 heterocycles. The van der Waals surface area contributed by atoms with Gasteiger partial charge < -0.3 is 14.8 Å². The Morgan fingerprint density at radius 3 is 2.60 bits per heavy atom. The molecular weight excluding hydrogens is 559 g/mol. The minimum atomic E-state index is -0.630. The topological polar surface area (TPSA) is 102 Å². The minimum Gasteiger partial charge on any atom is -0.489 e. The van der Waals surface area contributed by atoms with Gasteiger partial charge in [0.1, 0.15) is 24.7 Å². The van der Waals surface area contributed by atoms with Crippen molar-refractivity contribution in [1.82, 2.24) is 4.90 Å². The van der Waals surface area contributed by atoms with Crippen molar-refractivity contribution in [3.05, 3.63) is 99.2 Å². The summed E-state index contributed by atoms with van der Waals surface area (Å²) in [5, 5.41) is 2.15. The number of imide groups is 1. The first kappa shape index (κ1) is 28.8. The number of nitrogens with zero attached hydrogens (tertiary/aromatic N) is 1. The van der Waals surface area contributed by atoms with E-state index in [1.54, 1.807) is 42.5 Å². The Hall–Kier alpha value is -4.15. The van der Waals surface area contributed by atoms with Crippen LogP contribution in [0.15, 0.2) is 71.6 Å². The number of halogens is 2. The number of nitrogens with one attached hydrogen (secondary N) is 1. The molecule has 1 aliphatic rings. The predicted molar refractivity (Wildman–Crippen MR) is 151 cm³/mol. The first-order valence-electron chi connectivity index (χ1n) is 12.2. The lowest BCUT2D eigenvalue weighted by Crippen LogP contribution is -2.36. The lowest BCUT2D eigenvalue weighted by Gasteiger charge is -2.13. The second kappa shape index (κ2) is 13.3. The van der Waals surface area contributed by atoms with Gasteiger partial charge in [-0.2, -0.15) is 0 Å². The highest BCUT2D eigenvalue weighted by Gasteiger charge is 2.36. The third-order valence-electron chi connectivity index (χ3n) is 5.56. The maximum absolute atomic E-state index is 13.1. The second-order valence-electron chi connectivity index (χ2n) is 8.63. The van der Waals surface area contributed by atoms with Crippen molar-refractivity contribution in [2.24, 2.45) is 0 Å². The van der Waals surface area contributed by atoms with Crippen LogP contribution in [-0.4, -0.2) is 41.1 Å². The molecule has 1 N–H and O–H groups in total. The monoisotopic (exact) mass is 582 g/mol. The van der Waals surface area contributed by atoms with Crippen molar-refractivity contribution in [3.8, 4) is 5.75 Å². The van der Waals surface area contributed by atoms with Gasteiger partial charge in [-0.3, -0.25) is 19.3 Å². The van der Waals surface area contributed by atoms with Gasteiger partial charge in [0.15, 0.2) is 0 Å². The Balaban J connectivity index is 1.38. The molecule has 0 atom stereocenters. The number of benzene rings is 3. The van der Waals surface area contributed by atoms with Gasteiger partial charge in [0.2, 0.25) is 5.91 Å². The van der Waals surface area contributed by atoms with Crippen molar-refractivity contribution in [3.63, 3.8) is 0 Å². The Kier molecular flexibility index (Phi) is 9.57. The number of carbonyl (C=O) groups is 4. The number of amides is 3. The highest BCUT2D eigenvalue weighted by atomic mass is 35.5. The van der Waals surface area contributed by atoms with Gasteiger partial charge in [-0.1, -0.05) is 42.8 Å². The van der Waals surface area contributed by atoms with Gasteiger partial charge in [0.05, 0.1) is 22.1 Å². The van der Waals surface area contributed by atoms with E-state index >= 15 is 0 Å². The molecule has 0 aliphatic carbocycles. The molecule has 3 aromatic carbocycles. The first-order valence-corrected chi connectivity index (χ1v) is 13.4. The summed E-state index contributed by atoms with van der Waals surface area (Å²) in [6.45, 7) is 1.80. The van der Waals surface area contributed by atoms with Gasteiger partial charge in [-0.25, -0.2) is 9.18 Å². The van der Waals surface area contributed by atoms with Gasteiger partial charge in [-0.05, 0) is 77.9 Å². The molecule has 1 fully saturated rings. The van der Waals surface area contributed by atoms with Crippen LogP contribution in [0.3, 0.4) is 0 Å². The Bertz CT molecular complexity index is 1480. The summed E-state index contributed by atoms with van der Waals surface area (Å²) in [5.74, 6) is -1.67. The summed E-state index contributed by atoms with van der Waals surface area (Å²) in [6.07, 6.45) is 2.18. The molecule has 0 radical (unpaired) electrons. The van der Waals surface area contributed by atoms with Crippen LogP contribution in [0, 0.1) is 5.82 Å². The van der Waals surface area contributed by atoms with Gasteiger partial charge in [0.25, 0.3) is 11.1 Å². The molecule has 4 rings (SSSR count). The number of rotatable bonds is 10. The predicted octanol–water partition coefficient (Wildman–Crippen LogP) is 6.30. The maximum atomic E-state index is 13.1. The summed E-state index contributed by atoms with van der Waals surface area (Å²) < 4.78 is 23.9. The first-order chi connectivity index (χ1) is 19.2. The molecule has 0 aromatic heterocycles. The maximum Gasteiger partial charge on any atom is 0.339 e. The summed E-state index contributed by atoms with van der Waals surface area (Å²) in [7, 11) is 0. The van der Waals surface area contributed by atoms with E-state index in [1.807, 2.05) is 6.92 Å². The van der Waals surface area contributed by atoms with E-state index in [4.69, 9.17) is 21.1 Å². The number of hydrogen-bond acceptors (Lipinski definition) is 7. The SMILES string of the molecule is CCCOC(=O)c1cc(NC(=O)CN2C(=O)S/C(=C/c3cccc(OCc4ccc(F)cc4)c3)C2=O)ccc1Cl. The normalized spacial score (nSPS) is 14.0. The number of ether oxygens (including phenoxy) is 2. The third kappa shape index (κ3) is 7.49. The minimum absolute atomic E-state index is 0.0888. The van der Waals surface area contributed by atoms with Crippen LogP contribution >= 0.6 is 23.4 Å². The smallest absolute Gasteiger partial charge is 0.339 e. The van der Waals surface area contributed by atoms with E-state index in [0.717, 1.165) is 22.2 Å². The standard InChI is InChI=1S/C29H24ClFN2O6S/c1-2-12-38-28(36)23-15-21(10-11-24(23)30)32-26(34)16-33-27(35)25(40-29(33)37)14-19-4-3-5-22(13-19)39-17-18-6-8-20(31)9-7-18/h3-11,13-15H,2,12,16-17H2,1H3,(H,32,34)/b25-14+. The van der Waals surface area contributed by atoms with Crippen LogP contribution in [-0.2, 0) is 20.9 Å². The largest absolute Gasteiger partial charge is 0.489 e. The van der Waals surface area contributed by atoms with E-state index in [9.17, 15) is 23.6 Å². The zero-order chi connectivity index (χ0) is 28.6. The molecule has 0 spiro atoms. The number of esters is 1. The average molecular weight is 583 g/mol. The molecule has 0 saturated carbocycles. The summed E-state index contributed by atoms with van der Waals surface area (Å²) >= 11 is 6.81. The molecule has 8 nitrogen and oxygen atoms in total. The van der Waals surface area contributed by atoms with Crippen LogP contribution in [0.1, 0.15) is 34.8 Å². The molecule has 40 heavy (non-hydrogen) atoms. The average Bonchev–Trinajstić information content (AvgIpc) is 3.19. The quantitative estimate of drug-likeness (QED) is 0.221. The van der Waals surface area contributed by atoms with Gasteiger partial charge in [-0.15, -0.1) is 0 Å². The Morgan fingerprint density at radius 2 is 1.85 bits per heavy atom. The molecule has 0 bridgehead atoms. The van der Waals surface area contributed by atoms with Crippen LogP contribution in [0.4, 0.5) is 14.9 Å². The van der Waals surface area contributed by atoms with Crippen molar-refractivity contribution in [2.45, 2.75) is 20.0 Å². The highest BCUT2D eigenvalue weighted by Crippen LogP contribution is 2.33. The van der Waals surface area contributed by atoms with Crippen LogP contribution in [0.25, 0.3) is 6.08 Å². The zero-order valence-electron chi connectivity index (χ0n) is 21.3. The van der Waals surface area contributed by atoms with Crippen molar-refractivity contribution in [2.75, 3.05) is 18.5 Å². The number of anilines is 1. The molecule has 3 aromatic rings. The van der Waals surface area contributed by atoms with E-state index < -0.39 is 29.6 Å². The number of carbonyl (C=O) groups excluding carboxylic acids is 4. The lowest BCUT2D eigenvalue weighted by atomic mass is 10.2. The van der Waals surface area contributed by atoms with Crippen molar-refractivity contribution in [1.29, 1.82) is 0 Å². The molecular formula is C29H24ClFN2O6S. The fraction of sp³-hybridized carbons (Fsp3) is 0.172. The van der Waals surface area contributed by atoms with Crippen LogP contribution in [0.2, 0.25) is 5.02 Å². The second-order valence-corrected chi connectivity index (χ2v) is 10.0. The summed E-state index contributed by atoms with van der Waals surface area (Å²) in [6, 6.07) is 17.2. The van der Waals surface area contributed by atoms with E-state index in [2.05, 4.69) is 5.32 Å². The van der Waals surface area contributed by atoms with Gasteiger partial charge in [0, 0.05) is 5.69 Å². The van der Waals surface area contributed by atoms with Crippen molar-refractivity contribution >= 4 is 58.1 Å². The molecule has 3 amide bonds. The molecule has 11 heteroatoms. The summed E-state index contributed by atoms with van der Waals surface area (Å²) in [5.41, 5.74) is 1.76. The third-order valence-corrected chi connectivity index (χ3v) is 6.79. The van der Waals surface area contributed by atoms with Gasteiger partial charge >= 0.3 is 5.97 Å². The van der Waals surface area contributed by atoms with E-state index in [0.29, 0.717) is 17.7 Å². The van der Waals surface area contributed by atoms with Crippen LogP contribution < -0.4 is 10.1 Å². The fourth-order valence-electron chi connectivity index (χ4n) is 3.61. The van der Waals surface area contributed by atoms with Crippen LogP contribution in [0.5, 0.6) is 5.75 Å². The Labute approximate surface area is 239 Å². The molecule has 206 valence electrons. The van der Waals surface area contributed by atoms with Crippen molar-refractivity contribution < 1.29 is 33.0 Å². The number of hydrogen-bond donors (Lipinski definition) is 1. The molecule has 1 saturated heterocycles. The highest BCUT2D eigenvalue weighted by molar-refractivity contribution is 8.18. The number of thioether (sulfide) groups is 1. The molecule has 1 aliphatic heterocycles. The van der Waals surface area contributed by atoms with E-state index in [-0.39, 0.29) is 40.2 Å². The van der Waals surface area contributed by atoms with E-state index in [1.165, 1.54) is 30.3 Å². The fourth-order valence-corrected chi connectivity index (χ4v) is 4.64. The zero-order valence-corrected chi connectivity index (χ0v) is 22.9. The Morgan fingerprint density at radius 1 is 1.07 bits per heavy atom. The molecule has 0 unspecified atom stereocenters. The summed E-state index contributed by atoms with van der Waals surface area (Å²) in [4.78, 5) is 51.3. The lowest BCUT2D eigenvalue weighted by molar-refractivity contribution is -0.127.